The number of nitrogens with zero attached hydrogens (tertiary/aromatic N) is 4. The van der Waals surface area contributed by atoms with Crippen molar-refractivity contribution in [2.45, 2.75) is 44.4 Å². The highest BCUT2D eigenvalue weighted by Crippen LogP contribution is 2.19. The molecule has 9 heteroatoms. The highest BCUT2D eigenvalue weighted by molar-refractivity contribution is 5.81. The number of unbranched alkanes of at least 4 members (excludes halogenated alkanes) is 1. The van der Waals surface area contributed by atoms with Gasteiger partial charge in [0.05, 0.1) is 24.0 Å². The van der Waals surface area contributed by atoms with Gasteiger partial charge in [0.1, 0.15) is 0 Å². The lowest BCUT2D eigenvalue weighted by Crippen LogP contribution is -2.50. The van der Waals surface area contributed by atoms with Crippen LogP contribution in [-0.2, 0) is 4.79 Å². The number of hydrogen-bond donors (Lipinski definition) is 4. The van der Waals surface area contributed by atoms with Gasteiger partial charge in [-0.1, -0.05) is 11.6 Å². The summed E-state index contributed by atoms with van der Waals surface area (Å²) >= 11 is 0. The lowest BCUT2D eigenvalue weighted by atomic mass is 10.1. The Hall–Kier alpha value is -1.55. The number of amides is 1. The van der Waals surface area contributed by atoms with E-state index in [9.17, 15) is 9.90 Å². The minimum absolute atomic E-state index is 0.139. The summed E-state index contributed by atoms with van der Waals surface area (Å²) in [6.45, 7) is 5.00. The van der Waals surface area contributed by atoms with Gasteiger partial charge in [-0.05, 0) is 26.3 Å². The van der Waals surface area contributed by atoms with Crippen LogP contribution in [0.1, 0.15) is 44.0 Å². The molecule has 1 aliphatic heterocycles. The molecule has 0 radical (unpaired) electrons. The van der Waals surface area contributed by atoms with Gasteiger partial charge in [0.2, 0.25) is 5.91 Å². The van der Waals surface area contributed by atoms with Crippen molar-refractivity contribution >= 4 is 5.91 Å². The highest BCUT2D eigenvalue weighted by atomic mass is 16.3. The van der Waals surface area contributed by atoms with Crippen molar-refractivity contribution in [3.05, 3.63) is 11.9 Å². The van der Waals surface area contributed by atoms with E-state index in [1.165, 1.54) is 4.68 Å². The molecule has 1 aromatic rings. The van der Waals surface area contributed by atoms with E-state index in [1.807, 2.05) is 0 Å². The van der Waals surface area contributed by atoms with E-state index in [2.05, 4.69) is 15.6 Å². The summed E-state index contributed by atoms with van der Waals surface area (Å²) < 4.78 is 1.44. The fourth-order valence-corrected chi connectivity index (χ4v) is 2.87. The second-order valence-corrected chi connectivity index (χ2v) is 6.28. The SMILES string of the molecule is CC(O)[C@@H](C(=O)N1CCNCC1)n1cc([C@@H](N)CCCCN)nn1. The number of aliphatic hydroxyl groups excluding tert-OH is 1. The molecule has 0 bridgehead atoms. The summed E-state index contributed by atoms with van der Waals surface area (Å²) in [7, 11) is 0. The monoisotopic (exact) mass is 339 g/mol. The fourth-order valence-electron chi connectivity index (χ4n) is 2.87. The van der Waals surface area contributed by atoms with E-state index >= 15 is 0 Å². The third-order valence-electron chi connectivity index (χ3n) is 4.30. The van der Waals surface area contributed by atoms with E-state index in [0.717, 1.165) is 32.4 Å². The molecule has 0 aliphatic carbocycles. The lowest BCUT2D eigenvalue weighted by molar-refractivity contribution is -0.138. The van der Waals surface area contributed by atoms with Crippen LogP contribution in [0.25, 0.3) is 0 Å². The summed E-state index contributed by atoms with van der Waals surface area (Å²) in [4.78, 5) is 14.5. The average Bonchev–Trinajstić information content (AvgIpc) is 3.05. The molecular formula is C15H29N7O2. The second kappa shape index (κ2) is 9.07. The maximum atomic E-state index is 12.7. The molecule has 24 heavy (non-hydrogen) atoms. The van der Waals surface area contributed by atoms with Crippen molar-refractivity contribution < 1.29 is 9.90 Å². The second-order valence-electron chi connectivity index (χ2n) is 6.28. The molecular weight excluding hydrogens is 310 g/mol. The number of rotatable bonds is 8. The van der Waals surface area contributed by atoms with E-state index in [0.29, 0.717) is 25.3 Å². The predicted molar refractivity (Wildman–Crippen MR) is 90.0 cm³/mol. The molecule has 2 rings (SSSR count). The molecule has 6 N–H and O–H groups in total. The van der Waals surface area contributed by atoms with Crippen LogP contribution >= 0.6 is 0 Å². The lowest BCUT2D eigenvalue weighted by Gasteiger charge is -2.31. The predicted octanol–water partition coefficient (Wildman–Crippen LogP) is -1.24. The summed E-state index contributed by atoms with van der Waals surface area (Å²) in [5.41, 5.74) is 12.2. The number of aliphatic hydroxyl groups is 1. The van der Waals surface area contributed by atoms with Crippen LogP contribution in [0.15, 0.2) is 6.20 Å². The number of nitrogens with one attached hydrogen (secondary N) is 1. The van der Waals surface area contributed by atoms with Crippen molar-refractivity contribution in [3.63, 3.8) is 0 Å². The number of nitrogens with two attached hydrogens (primary N) is 2. The van der Waals surface area contributed by atoms with Gasteiger partial charge < -0.3 is 26.8 Å². The Morgan fingerprint density at radius 3 is 2.75 bits per heavy atom. The maximum Gasteiger partial charge on any atom is 0.250 e. The van der Waals surface area contributed by atoms with Crippen LogP contribution in [0, 0.1) is 0 Å². The van der Waals surface area contributed by atoms with Gasteiger partial charge in [0.15, 0.2) is 6.04 Å². The molecule has 9 nitrogen and oxygen atoms in total. The Kier molecular flexibility index (Phi) is 7.10. The van der Waals surface area contributed by atoms with Crippen molar-refractivity contribution in [2.24, 2.45) is 11.5 Å². The third kappa shape index (κ3) is 4.73. The smallest absolute Gasteiger partial charge is 0.250 e. The van der Waals surface area contributed by atoms with Crippen LogP contribution in [0.2, 0.25) is 0 Å². The minimum atomic E-state index is -0.865. The maximum absolute atomic E-state index is 12.7. The molecule has 0 spiro atoms. The van der Waals surface area contributed by atoms with Crippen molar-refractivity contribution in [1.29, 1.82) is 0 Å². The van der Waals surface area contributed by atoms with Gasteiger partial charge in [-0.15, -0.1) is 5.10 Å². The average molecular weight is 339 g/mol. The third-order valence-corrected chi connectivity index (χ3v) is 4.30. The quantitative estimate of drug-likeness (QED) is 0.435. The molecule has 1 fully saturated rings. The number of piperazine rings is 1. The topological polar surface area (TPSA) is 135 Å². The Labute approximate surface area is 142 Å². The van der Waals surface area contributed by atoms with Gasteiger partial charge >= 0.3 is 0 Å². The standard InChI is InChI=1S/C15H29N7O2/c1-11(23)14(15(24)21-8-6-18-7-9-21)22-10-13(19-20-22)12(17)4-2-3-5-16/h10-12,14,18,23H,2-9,16-17H2,1H3/t11?,12-,14-/m0/s1. The normalized spacial score (nSPS) is 19.1. The zero-order chi connectivity index (χ0) is 17.5. The molecule has 1 amide bonds. The van der Waals surface area contributed by atoms with E-state index in [4.69, 9.17) is 11.5 Å². The Morgan fingerprint density at radius 2 is 2.12 bits per heavy atom. The van der Waals surface area contributed by atoms with Crippen LogP contribution in [0.5, 0.6) is 0 Å². The first-order valence-electron chi connectivity index (χ1n) is 8.59. The molecule has 0 aromatic carbocycles. The van der Waals surface area contributed by atoms with Crippen LogP contribution in [0.3, 0.4) is 0 Å². The zero-order valence-corrected chi connectivity index (χ0v) is 14.3. The number of carbonyl (C=O) groups is 1. The van der Waals surface area contributed by atoms with E-state index in [-0.39, 0.29) is 11.9 Å². The first kappa shape index (κ1) is 18.8. The zero-order valence-electron chi connectivity index (χ0n) is 14.3. The van der Waals surface area contributed by atoms with Gasteiger partial charge in [-0.25, -0.2) is 4.68 Å². The highest BCUT2D eigenvalue weighted by Gasteiger charge is 2.32. The molecule has 1 unspecified atom stereocenters. The number of aromatic nitrogens is 3. The van der Waals surface area contributed by atoms with Gasteiger partial charge in [-0.3, -0.25) is 4.79 Å². The van der Waals surface area contributed by atoms with Crippen LogP contribution in [0.4, 0.5) is 0 Å². The molecule has 2 heterocycles. The summed E-state index contributed by atoms with van der Waals surface area (Å²) in [5.74, 6) is -0.139. The molecule has 1 aromatic heterocycles. The van der Waals surface area contributed by atoms with Crippen molar-refractivity contribution in [3.8, 4) is 0 Å². The first-order chi connectivity index (χ1) is 11.5. The summed E-state index contributed by atoms with van der Waals surface area (Å²) in [6.07, 6.45) is 3.41. The first-order valence-corrected chi connectivity index (χ1v) is 8.59. The largest absolute Gasteiger partial charge is 0.391 e. The van der Waals surface area contributed by atoms with Crippen LogP contribution < -0.4 is 16.8 Å². The van der Waals surface area contributed by atoms with Gasteiger partial charge in [-0.2, -0.15) is 0 Å². The molecule has 136 valence electrons. The van der Waals surface area contributed by atoms with E-state index in [1.54, 1.807) is 18.0 Å². The van der Waals surface area contributed by atoms with Crippen molar-refractivity contribution in [2.75, 3.05) is 32.7 Å². The number of carbonyl (C=O) groups excluding carboxylic acids is 1. The molecule has 1 saturated heterocycles. The Balaban J connectivity index is 2.06. The Bertz CT molecular complexity index is 514. The summed E-state index contributed by atoms with van der Waals surface area (Å²) in [5, 5.41) is 21.4. The minimum Gasteiger partial charge on any atom is -0.391 e. The molecule has 1 aliphatic rings. The van der Waals surface area contributed by atoms with Gasteiger partial charge in [0, 0.05) is 26.2 Å². The molecule has 0 saturated carbocycles. The van der Waals surface area contributed by atoms with Gasteiger partial charge in [0.25, 0.3) is 0 Å². The van der Waals surface area contributed by atoms with Crippen molar-refractivity contribution in [1.82, 2.24) is 25.2 Å². The fraction of sp³-hybridized carbons (Fsp3) is 0.800. The van der Waals surface area contributed by atoms with Crippen LogP contribution in [-0.4, -0.2) is 69.7 Å². The van der Waals surface area contributed by atoms with E-state index < -0.39 is 12.1 Å². The number of hydrogen-bond acceptors (Lipinski definition) is 7. The molecule has 3 atom stereocenters. The Morgan fingerprint density at radius 1 is 1.42 bits per heavy atom. The summed E-state index contributed by atoms with van der Waals surface area (Å²) in [6, 6.07) is -1.02.